The number of carbonyl (C=O) groups excluding carboxylic acids is 2. The molecule has 1 saturated heterocycles. The fourth-order valence-electron chi connectivity index (χ4n) is 3.13. The number of hydrogen-bond acceptors (Lipinski definition) is 5. The summed E-state index contributed by atoms with van der Waals surface area (Å²) in [6.45, 7) is 4.06. The maximum Gasteiger partial charge on any atom is 0.240 e. The van der Waals surface area contributed by atoms with Gasteiger partial charge in [-0.1, -0.05) is 0 Å². The lowest BCUT2D eigenvalue weighted by Gasteiger charge is -2.18. The van der Waals surface area contributed by atoms with E-state index in [2.05, 4.69) is 10.0 Å². The van der Waals surface area contributed by atoms with Gasteiger partial charge in [-0.25, -0.2) is 13.1 Å². The lowest BCUT2D eigenvalue weighted by Crippen LogP contribution is -2.37. The summed E-state index contributed by atoms with van der Waals surface area (Å²) in [7, 11) is -3.79. The number of nitrogens with one attached hydrogen (secondary N) is 2. The molecule has 0 spiro atoms. The van der Waals surface area contributed by atoms with Crippen molar-refractivity contribution in [2.75, 3.05) is 23.4 Å². The van der Waals surface area contributed by atoms with Gasteiger partial charge >= 0.3 is 0 Å². The first-order valence-corrected chi connectivity index (χ1v) is 10.7. The van der Waals surface area contributed by atoms with E-state index >= 15 is 0 Å². The van der Waals surface area contributed by atoms with Crippen molar-refractivity contribution < 1.29 is 22.7 Å². The van der Waals surface area contributed by atoms with Gasteiger partial charge in [-0.3, -0.25) is 9.59 Å². The first-order chi connectivity index (χ1) is 13.8. The lowest BCUT2D eigenvalue weighted by molar-refractivity contribution is -0.117. The van der Waals surface area contributed by atoms with Crippen LogP contribution in [0.1, 0.15) is 20.3 Å². The summed E-state index contributed by atoms with van der Waals surface area (Å²) in [5.41, 5.74) is 1.20. The molecule has 0 bridgehead atoms. The zero-order valence-electron chi connectivity index (χ0n) is 16.2. The molecule has 8 nitrogen and oxygen atoms in total. The average molecular weight is 417 g/mol. The van der Waals surface area contributed by atoms with Crippen LogP contribution in [0.4, 0.5) is 11.4 Å². The molecule has 0 radical (unpaired) electrons. The van der Waals surface area contributed by atoms with Crippen LogP contribution in [0.2, 0.25) is 0 Å². The predicted octanol–water partition coefficient (Wildman–Crippen LogP) is 2.13. The van der Waals surface area contributed by atoms with E-state index in [9.17, 15) is 18.0 Å². The third kappa shape index (κ3) is 5.12. The van der Waals surface area contributed by atoms with Crippen LogP contribution in [0.3, 0.4) is 0 Å². The van der Waals surface area contributed by atoms with Gasteiger partial charge in [-0.05, 0) is 55.5 Å². The van der Waals surface area contributed by atoms with Crippen molar-refractivity contribution in [3.8, 4) is 5.75 Å². The molecule has 1 unspecified atom stereocenters. The van der Waals surface area contributed by atoms with Gasteiger partial charge in [-0.15, -0.1) is 0 Å². The molecule has 0 aliphatic carbocycles. The highest BCUT2D eigenvalue weighted by Gasteiger charge is 2.33. The highest BCUT2D eigenvalue weighted by Crippen LogP contribution is 2.25. The normalized spacial score (nSPS) is 16.7. The number of rotatable bonds is 7. The molecule has 2 aromatic carbocycles. The molecule has 3 rings (SSSR count). The minimum Gasteiger partial charge on any atom is -0.494 e. The van der Waals surface area contributed by atoms with Gasteiger partial charge in [0.2, 0.25) is 21.8 Å². The topological polar surface area (TPSA) is 105 Å². The fraction of sp³-hybridized carbons (Fsp3) is 0.300. The van der Waals surface area contributed by atoms with E-state index in [1.54, 1.807) is 29.2 Å². The van der Waals surface area contributed by atoms with Crippen molar-refractivity contribution in [1.82, 2.24) is 4.72 Å². The Morgan fingerprint density at radius 3 is 2.38 bits per heavy atom. The standard InChI is InChI=1S/C20H23N3O5S/c1-3-28-18-8-6-17(7-9-18)23-13-16(12-20(23)25)22-29(26,27)19-10-4-15(5-11-19)21-14(2)24/h4-11,16,22H,3,12-13H2,1-2H3,(H,21,24). The van der Waals surface area contributed by atoms with Crippen LogP contribution in [0.15, 0.2) is 53.4 Å². The molecule has 154 valence electrons. The van der Waals surface area contributed by atoms with E-state index in [0.29, 0.717) is 23.7 Å². The van der Waals surface area contributed by atoms with E-state index in [4.69, 9.17) is 4.74 Å². The Balaban J connectivity index is 1.67. The number of amides is 2. The molecule has 9 heteroatoms. The predicted molar refractivity (Wildman–Crippen MR) is 109 cm³/mol. The summed E-state index contributed by atoms with van der Waals surface area (Å²) in [4.78, 5) is 25.1. The van der Waals surface area contributed by atoms with Gasteiger partial charge in [0.1, 0.15) is 5.75 Å². The maximum atomic E-state index is 12.6. The van der Waals surface area contributed by atoms with Gasteiger partial charge in [0.05, 0.1) is 11.5 Å². The molecule has 2 N–H and O–H groups in total. The zero-order valence-corrected chi connectivity index (χ0v) is 17.0. The number of carbonyl (C=O) groups is 2. The Labute approximate surface area is 169 Å². The number of ether oxygens (including phenoxy) is 1. The summed E-state index contributed by atoms with van der Waals surface area (Å²) in [6, 6.07) is 12.4. The molecule has 1 fully saturated rings. The largest absolute Gasteiger partial charge is 0.494 e. The number of hydrogen-bond donors (Lipinski definition) is 2. The molecule has 1 heterocycles. The molecule has 2 aromatic rings. The minimum atomic E-state index is -3.79. The molecule has 2 amide bonds. The number of nitrogens with zero attached hydrogens (tertiary/aromatic N) is 1. The summed E-state index contributed by atoms with van der Waals surface area (Å²) in [6.07, 6.45) is 0.0798. The van der Waals surface area contributed by atoms with Crippen molar-refractivity contribution >= 4 is 33.2 Å². The van der Waals surface area contributed by atoms with E-state index < -0.39 is 16.1 Å². The van der Waals surface area contributed by atoms with E-state index in [-0.39, 0.29) is 29.7 Å². The van der Waals surface area contributed by atoms with Crippen LogP contribution in [0, 0.1) is 0 Å². The highest BCUT2D eigenvalue weighted by atomic mass is 32.2. The minimum absolute atomic E-state index is 0.0681. The van der Waals surface area contributed by atoms with Crippen LogP contribution in [0.25, 0.3) is 0 Å². The number of sulfonamides is 1. The maximum absolute atomic E-state index is 12.6. The number of benzene rings is 2. The first-order valence-electron chi connectivity index (χ1n) is 9.21. The Bertz CT molecular complexity index is 988. The molecule has 1 aliphatic rings. The van der Waals surface area contributed by atoms with Crippen molar-refractivity contribution in [2.24, 2.45) is 0 Å². The second kappa shape index (κ2) is 8.62. The average Bonchev–Trinajstić information content (AvgIpc) is 3.02. The van der Waals surface area contributed by atoms with Gasteiger partial charge in [-0.2, -0.15) is 0 Å². The Morgan fingerprint density at radius 1 is 1.14 bits per heavy atom. The molecule has 29 heavy (non-hydrogen) atoms. The third-order valence-corrected chi connectivity index (χ3v) is 5.93. The van der Waals surface area contributed by atoms with E-state index in [1.807, 2.05) is 6.92 Å². The van der Waals surface area contributed by atoms with Gasteiger partial charge in [0.15, 0.2) is 0 Å². The summed E-state index contributed by atoms with van der Waals surface area (Å²) < 4.78 is 33.3. The third-order valence-electron chi connectivity index (χ3n) is 4.39. The van der Waals surface area contributed by atoms with Gasteiger partial charge in [0, 0.05) is 37.3 Å². The Kier molecular flexibility index (Phi) is 6.19. The Hall–Kier alpha value is -2.91. The van der Waals surface area contributed by atoms with Crippen LogP contribution >= 0.6 is 0 Å². The molecule has 0 aromatic heterocycles. The number of anilines is 2. The lowest BCUT2D eigenvalue weighted by atomic mass is 10.3. The van der Waals surface area contributed by atoms with Crippen LogP contribution in [0.5, 0.6) is 5.75 Å². The van der Waals surface area contributed by atoms with Gasteiger partial charge < -0.3 is 15.0 Å². The van der Waals surface area contributed by atoms with Gasteiger partial charge in [0.25, 0.3) is 0 Å². The molecule has 1 aliphatic heterocycles. The summed E-state index contributed by atoms with van der Waals surface area (Å²) in [5.74, 6) is 0.323. The SMILES string of the molecule is CCOc1ccc(N2CC(NS(=O)(=O)c3ccc(NC(C)=O)cc3)CC2=O)cc1. The zero-order chi connectivity index (χ0) is 21.0. The summed E-state index contributed by atoms with van der Waals surface area (Å²) in [5, 5.41) is 2.58. The van der Waals surface area contributed by atoms with Crippen molar-refractivity contribution in [3.05, 3.63) is 48.5 Å². The fourth-order valence-corrected chi connectivity index (χ4v) is 4.36. The van der Waals surface area contributed by atoms with E-state index in [1.165, 1.54) is 31.2 Å². The molecule has 0 saturated carbocycles. The second-order valence-electron chi connectivity index (χ2n) is 6.66. The van der Waals surface area contributed by atoms with Crippen LogP contribution in [-0.4, -0.2) is 39.4 Å². The van der Waals surface area contributed by atoms with Crippen molar-refractivity contribution in [3.63, 3.8) is 0 Å². The first kappa shape index (κ1) is 20.8. The quantitative estimate of drug-likeness (QED) is 0.718. The van der Waals surface area contributed by atoms with Crippen LogP contribution in [-0.2, 0) is 19.6 Å². The highest BCUT2D eigenvalue weighted by molar-refractivity contribution is 7.89. The van der Waals surface area contributed by atoms with Crippen LogP contribution < -0.4 is 19.7 Å². The molecular weight excluding hydrogens is 394 g/mol. The Morgan fingerprint density at radius 2 is 1.79 bits per heavy atom. The monoisotopic (exact) mass is 417 g/mol. The van der Waals surface area contributed by atoms with Crippen molar-refractivity contribution in [1.29, 1.82) is 0 Å². The summed E-state index contributed by atoms with van der Waals surface area (Å²) >= 11 is 0. The smallest absolute Gasteiger partial charge is 0.240 e. The molecular formula is C20H23N3O5S. The van der Waals surface area contributed by atoms with E-state index in [0.717, 1.165) is 0 Å². The van der Waals surface area contributed by atoms with Crippen molar-refractivity contribution in [2.45, 2.75) is 31.2 Å². The molecule has 1 atom stereocenters. The second-order valence-corrected chi connectivity index (χ2v) is 8.37.